The second-order valence-electron chi connectivity index (χ2n) is 9.22. The van der Waals surface area contributed by atoms with Crippen molar-refractivity contribution in [2.45, 2.75) is 23.8 Å². The molecule has 0 saturated carbocycles. The largest absolute Gasteiger partial charge is 0.379 e. The number of morpholine rings is 1. The van der Waals surface area contributed by atoms with Crippen LogP contribution in [0.15, 0.2) is 53.4 Å². The van der Waals surface area contributed by atoms with Gasteiger partial charge < -0.3 is 20.1 Å². The maximum Gasteiger partial charge on any atom is 0.253 e. The summed E-state index contributed by atoms with van der Waals surface area (Å²) in [6, 6.07) is 11.7. The Kier molecular flexibility index (Phi) is 9.23. The predicted octanol–water partition coefficient (Wildman–Crippen LogP) is 1.02. The molecule has 2 heterocycles. The number of benzene rings is 2. The van der Waals surface area contributed by atoms with Gasteiger partial charge >= 0.3 is 0 Å². The van der Waals surface area contributed by atoms with Crippen LogP contribution in [0.1, 0.15) is 23.2 Å². The Morgan fingerprint density at radius 3 is 2.33 bits per heavy atom. The second kappa shape index (κ2) is 12.4. The van der Waals surface area contributed by atoms with Crippen LogP contribution in [0.3, 0.4) is 0 Å². The van der Waals surface area contributed by atoms with E-state index in [0.29, 0.717) is 26.4 Å². The Hall–Kier alpha value is -3.04. The molecule has 2 amide bonds. The lowest BCUT2D eigenvalue weighted by atomic mass is 10.1. The van der Waals surface area contributed by atoms with Gasteiger partial charge in [-0.25, -0.2) is 16.8 Å². The molecular weight excluding hydrogens is 548 g/mol. The highest BCUT2D eigenvalue weighted by molar-refractivity contribution is 7.92. The van der Waals surface area contributed by atoms with Crippen molar-refractivity contribution in [3.63, 3.8) is 0 Å². The van der Waals surface area contributed by atoms with Gasteiger partial charge in [0.1, 0.15) is 6.54 Å². The normalized spacial score (nSPS) is 18.4. The molecule has 2 N–H and O–H groups in total. The topological polar surface area (TPSA) is 151 Å². The molecule has 2 aromatic rings. The fraction of sp³-hybridized carbons (Fsp3) is 0.440. The van der Waals surface area contributed by atoms with E-state index in [9.17, 15) is 26.4 Å². The zero-order chi connectivity index (χ0) is 28.0. The van der Waals surface area contributed by atoms with Crippen LogP contribution in [0.2, 0.25) is 0 Å². The molecule has 2 aliphatic heterocycles. The van der Waals surface area contributed by atoms with E-state index in [1.807, 2.05) is 0 Å². The van der Waals surface area contributed by atoms with E-state index in [2.05, 4.69) is 10.6 Å². The van der Waals surface area contributed by atoms with E-state index < -0.39 is 38.4 Å². The molecule has 0 bridgehead atoms. The van der Waals surface area contributed by atoms with Crippen LogP contribution in [0, 0.1) is 0 Å². The average molecular weight is 581 g/mol. The summed E-state index contributed by atoms with van der Waals surface area (Å²) in [5.41, 5.74) is 0.580. The van der Waals surface area contributed by atoms with E-state index >= 15 is 0 Å². The van der Waals surface area contributed by atoms with Crippen LogP contribution in [-0.2, 0) is 34.3 Å². The molecule has 39 heavy (non-hydrogen) atoms. The summed E-state index contributed by atoms with van der Waals surface area (Å²) in [5.74, 6) is -1.07. The van der Waals surface area contributed by atoms with E-state index in [0.717, 1.165) is 23.4 Å². The van der Waals surface area contributed by atoms with Crippen molar-refractivity contribution in [3.8, 4) is 0 Å². The number of amides is 2. The monoisotopic (exact) mass is 580 g/mol. The van der Waals surface area contributed by atoms with E-state index in [4.69, 9.17) is 9.47 Å². The molecule has 14 heteroatoms. The van der Waals surface area contributed by atoms with E-state index in [-0.39, 0.29) is 41.0 Å². The number of hydrogen-bond acceptors (Lipinski definition) is 8. The number of sulfonamides is 2. The van der Waals surface area contributed by atoms with Gasteiger partial charge in [-0.1, -0.05) is 12.1 Å². The number of nitrogens with one attached hydrogen (secondary N) is 2. The average Bonchev–Trinajstić information content (AvgIpc) is 3.44. The third kappa shape index (κ3) is 7.33. The van der Waals surface area contributed by atoms with Crippen LogP contribution < -0.4 is 14.9 Å². The molecule has 212 valence electrons. The minimum atomic E-state index is -3.92. The van der Waals surface area contributed by atoms with Gasteiger partial charge in [0.25, 0.3) is 5.91 Å². The number of carbonyl (C=O) groups excluding carboxylic acids is 2. The molecule has 2 aliphatic rings. The Morgan fingerprint density at radius 2 is 1.69 bits per heavy atom. The maximum absolute atomic E-state index is 12.9. The van der Waals surface area contributed by atoms with Crippen LogP contribution in [0.5, 0.6) is 0 Å². The number of nitrogens with zero attached hydrogens (tertiary/aromatic N) is 2. The zero-order valence-electron chi connectivity index (χ0n) is 21.5. The maximum atomic E-state index is 12.9. The van der Waals surface area contributed by atoms with Crippen molar-refractivity contribution in [2.24, 2.45) is 0 Å². The lowest BCUT2D eigenvalue weighted by Gasteiger charge is -2.26. The van der Waals surface area contributed by atoms with Gasteiger partial charge in [0.15, 0.2) is 0 Å². The molecule has 1 unspecified atom stereocenters. The first-order valence-corrected chi connectivity index (χ1v) is 15.8. The minimum Gasteiger partial charge on any atom is -0.379 e. The van der Waals surface area contributed by atoms with Crippen LogP contribution in [0.4, 0.5) is 11.4 Å². The van der Waals surface area contributed by atoms with Crippen molar-refractivity contribution in [2.75, 3.05) is 61.9 Å². The smallest absolute Gasteiger partial charge is 0.253 e. The molecule has 0 spiro atoms. The summed E-state index contributed by atoms with van der Waals surface area (Å²) in [6.07, 6.45) is 2.70. The molecule has 2 saturated heterocycles. The Labute approximate surface area is 228 Å². The molecular formula is C25H32N4O8S2. The fourth-order valence-corrected chi connectivity index (χ4v) is 6.60. The third-order valence-corrected chi connectivity index (χ3v) is 9.43. The van der Waals surface area contributed by atoms with E-state index in [1.54, 1.807) is 24.3 Å². The van der Waals surface area contributed by atoms with Gasteiger partial charge in [0, 0.05) is 26.2 Å². The predicted molar refractivity (Wildman–Crippen MR) is 145 cm³/mol. The molecule has 0 radical (unpaired) electrons. The summed E-state index contributed by atoms with van der Waals surface area (Å²) in [5, 5.41) is 5.42. The van der Waals surface area contributed by atoms with Gasteiger partial charge in [0.05, 0.1) is 47.4 Å². The van der Waals surface area contributed by atoms with Gasteiger partial charge in [-0.15, -0.1) is 0 Å². The van der Waals surface area contributed by atoms with Crippen LogP contribution in [0.25, 0.3) is 0 Å². The van der Waals surface area contributed by atoms with Gasteiger partial charge in [-0.05, 0) is 49.2 Å². The molecule has 0 aromatic heterocycles. The lowest BCUT2D eigenvalue weighted by Crippen LogP contribution is -2.40. The summed E-state index contributed by atoms with van der Waals surface area (Å²) in [7, 11) is -7.68. The van der Waals surface area contributed by atoms with Crippen LogP contribution in [-0.4, -0.2) is 91.3 Å². The number of anilines is 2. The first-order valence-electron chi connectivity index (χ1n) is 12.5. The second-order valence-corrected chi connectivity index (χ2v) is 13.1. The minimum absolute atomic E-state index is 0.00833. The standard InChI is InChI=1S/C25H32N4O8S2/c1-38(32,33)29(19-8-10-21(11-9-19)39(34,35)28-12-15-36-16-13-28)18-24(30)27-23-7-3-2-6-22(23)25(31)26-17-20-5-4-14-37-20/h2-3,6-11,20H,4-5,12-18H2,1H3,(H,26,31)(H,27,30). The molecule has 2 fully saturated rings. The Bertz CT molecular complexity index is 1390. The van der Waals surface area contributed by atoms with Gasteiger partial charge in [0.2, 0.25) is 26.0 Å². The molecule has 2 aromatic carbocycles. The summed E-state index contributed by atoms with van der Waals surface area (Å²) in [4.78, 5) is 25.7. The van der Waals surface area contributed by atoms with Gasteiger partial charge in [-0.3, -0.25) is 13.9 Å². The van der Waals surface area contributed by atoms with Gasteiger partial charge in [-0.2, -0.15) is 4.31 Å². The van der Waals surface area contributed by atoms with Crippen molar-refractivity contribution < 1.29 is 35.9 Å². The molecule has 4 rings (SSSR count). The van der Waals surface area contributed by atoms with Crippen molar-refractivity contribution >= 4 is 43.2 Å². The Morgan fingerprint density at radius 1 is 1.00 bits per heavy atom. The first-order chi connectivity index (χ1) is 18.6. The molecule has 0 aliphatic carbocycles. The van der Waals surface area contributed by atoms with Crippen molar-refractivity contribution in [3.05, 3.63) is 54.1 Å². The summed E-state index contributed by atoms with van der Waals surface area (Å²) in [6.45, 7) is 1.49. The van der Waals surface area contributed by atoms with E-state index in [1.165, 1.54) is 28.6 Å². The summed E-state index contributed by atoms with van der Waals surface area (Å²) >= 11 is 0. The highest BCUT2D eigenvalue weighted by Gasteiger charge is 2.28. The number of para-hydroxylation sites is 1. The molecule has 1 atom stereocenters. The Balaban J connectivity index is 1.46. The number of rotatable bonds is 10. The summed E-state index contributed by atoms with van der Waals surface area (Å²) < 4.78 is 63.8. The molecule has 12 nitrogen and oxygen atoms in total. The van der Waals surface area contributed by atoms with Crippen molar-refractivity contribution in [1.29, 1.82) is 0 Å². The number of ether oxygens (including phenoxy) is 2. The quantitative estimate of drug-likeness (QED) is 0.423. The fourth-order valence-electron chi connectivity index (χ4n) is 4.34. The highest BCUT2D eigenvalue weighted by atomic mass is 32.2. The van der Waals surface area contributed by atoms with Crippen molar-refractivity contribution in [1.82, 2.24) is 9.62 Å². The lowest BCUT2D eigenvalue weighted by molar-refractivity contribution is -0.114. The van der Waals surface area contributed by atoms with Crippen LogP contribution >= 0.6 is 0 Å². The SMILES string of the molecule is CS(=O)(=O)N(CC(=O)Nc1ccccc1C(=O)NCC1CCCO1)c1ccc(S(=O)(=O)N2CCOCC2)cc1. The first kappa shape index (κ1) is 29.0. The number of carbonyl (C=O) groups is 2. The zero-order valence-corrected chi connectivity index (χ0v) is 23.2. The third-order valence-electron chi connectivity index (χ3n) is 6.38. The number of hydrogen-bond donors (Lipinski definition) is 2. The highest BCUT2D eigenvalue weighted by Crippen LogP contribution is 2.24.